The van der Waals surface area contributed by atoms with Gasteiger partial charge in [0.05, 0.1) is 12.2 Å². The summed E-state index contributed by atoms with van der Waals surface area (Å²) in [6.45, 7) is 2.40. The van der Waals surface area contributed by atoms with Crippen molar-refractivity contribution in [3.8, 4) is 5.75 Å². The summed E-state index contributed by atoms with van der Waals surface area (Å²) < 4.78 is 9.41. The SMILES string of the molecule is CCCCOC(=O)c1ccc(OC(=O)O)cc1. The Balaban J connectivity index is 2.54. The van der Waals surface area contributed by atoms with E-state index in [-0.39, 0.29) is 5.75 Å². The zero-order valence-electron chi connectivity index (χ0n) is 9.51. The second-order valence-corrected chi connectivity index (χ2v) is 3.38. The van der Waals surface area contributed by atoms with Crippen LogP contribution in [0.3, 0.4) is 0 Å². The first-order valence-corrected chi connectivity index (χ1v) is 5.31. The molecule has 0 aliphatic carbocycles. The van der Waals surface area contributed by atoms with E-state index in [2.05, 4.69) is 4.74 Å². The number of ether oxygens (including phenoxy) is 2. The van der Waals surface area contributed by atoms with Crippen LogP contribution in [0.2, 0.25) is 0 Å². The van der Waals surface area contributed by atoms with Crippen LogP contribution in [0, 0.1) is 0 Å². The average Bonchev–Trinajstić information content (AvgIpc) is 2.29. The maximum absolute atomic E-state index is 11.5. The number of carbonyl (C=O) groups excluding carboxylic acids is 1. The standard InChI is InChI=1S/C12H14O5/c1-2-3-8-16-11(13)9-4-6-10(7-5-9)17-12(14)15/h4-7H,2-3,8H2,1H3,(H,14,15). The quantitative estimate of drug-likeness (QED) is 0.485. The van der Waals surface area contributed by atoms with Gasteiger partial charge in [0.1, 0.15) is 5.75 Å². The van der Waals surface area contributed by atoms with Gasteiger partial charge in [0.15, 0.2) is 0 Å². The third-order valence-corrected chi connectivity index (χ3v) is 2.03. The molecule has 0 atom stereocenters. The maximum Gasteiger partial charge on any atom is 0.511 e. The Labute approximate surface area is 99.0 Å². The first-order chi connectivity index (χ1) is 8.13. The molecular formula is C12H14O5. The van der Waals surface area contributed by atoms with Crippen molar-refractivity contribution in [3.63, 3.8) is 0 Å². The lowest BCUT2D eigenvalue weighted by Gasteiger charge is -2.04. The molecule has 1 N–H and O–H groups in total. The van der Waals surface area contributed by atoms with Gasteiger partial charge in [0.2, 0.25) is 0 Å². The summed E-state index contributed by atoms with van der Waals surface area (Å²) in [5.41, 5.74) is 0.374. The first-order valence-electron chi connectivity index (χ1n) is 5.31. The van der Waals surface area contributed by atoms with E-state index >= 15 is 0 Å². The molecule has 0 saturated heterocycles. The van der Waals surface area contributed by atoms with Crippen LogP contribution in [-0.4, -0.2) is 23.8 Å². The van der Waals surface area contributed by atoms with Gasteiger partial charge >= 0.3 is 12.1 Å². The van der Waals surface area contributed by atoms with Crippen molar-refractivity contribution in [2.45, 2.75) is 19.8 Å². The van der Waals surface area contributed by atoms with Crippen LogP contribution in [0.5, 0.6) is 5.75 Å². The molecule has 0 aromatic heterocycles. The van der Waals surface area contributed by atoms with Gasteiger partial charge in [-0.1, -0.05) is 13.3 Å². The molecule has 5 nitrogen and oxygen atoms in total. The number of hydrogen-bond acceptors (Lipinski definition) is 4. The van der Waals surface area contributed by atoms with E-state index in [4.69, 9.17) is 9.84 Å². The van der Waals surface area contributed by atoms with E-state index in [0.29, 0.717) is 12.2 Å². The van der Waals surface area contributed by atoms with Gasteiger partial charge in [-0.2, -0.15) is 0 Å². The van der Waals surface area contributed by atoms with E-state index < -0.39 is 12.1 Å². The largest absolute Gasteiger partial charge is 0.511 e. The molecule has 1 aromatic carbocycles. The zero-order valence-corrected chi connectivity index (χ0v) is 9.51. The van der Waals surface area contributed by atoms with Gasteiger partial charge in [0, 0.05) is 0 Å². The van der Waals surface area contributed by atoms with Crippen molar-refractivity contribution in [2.24, 2.45) is 0 Å². The highest BCUT2D eigenvalue weighted by Crippen LogP contribution is 2.13. The van der Waals surface area contributed by atoms with Crippen LogP contribution in [0.25, 0.3) is 0 Å². The van der Waals surface area contributed by atoms with Gasteiger partial charge < -0.3 is 14.6 Å². The summed E-state index contributed by atoms with van der Waals surface area (Å²) in [6.07, 6.45) is 0.397. The fourth-order valence-electron chi connectivity index (χ4n) is 1.15. The second-order valence-electron chi connectivity index (χ2n) is 3.38. The summed E-state index contributed by atoms with van der Waals surface area (Å²) >= 11 is 0. The number of hydrogen-bond donors (Lipinski definition) is 1. The Morgan fingerprint density at radius 1 is 1.24 bits per heavy atom. The molecule has 0 heterocycles. The van der Waals surface area contributed by atoms with E-state index in [9.17, 15) is 9.59 Å². The number of rotatable bonds is 5. The third-order valence-electron chi connectivity index (χ3n) is 2.03. The summed E-state index contributed by atoms with van der Waals surface area (Å²) in [4.78, 5) is 21.7. The molecule has 17 heavy (non-hydrogen) atoms. The smallest absolute Gasteiger partial charge is 0.462 e. The van der Waals surface area contributed by atoms with E-state index in [1.807, 2.05) is 6.92 Å². The minimum absolute atomic E-state index is 0.169. The molecule has 0 aliphatic rings. The lowest BCUT2D eigenvalue weighted by molar-refractivity contribution is 0.0499. The number of carboxylic acid groups (broad SMARTS) is 1. The van der Waals surface area contributed by atoms with E-state index in [1.54, 1.807) is 0 Å². The Hall–Kier alpha value is -2.04. The highest BCUT2D eigenvalue weighted by atomic mass is 16.7. The van der Waals surface area contributed by atoms with Crippen LogP contribution in [0.15, 0.2) is 24.3 Å². The number of benzene rings is 1. The molecule has 0 radical (unpaired) electrons. The maximum atomic E-state index is 11.5. The molecule has 5 heteroatoms. The summed E-state index contributed by atoms with van der Waals surface area (Å²) in [6, 6.07) is 5.74. The second kappa shape index (κ2) is 6.52. The van der Waals surface area contributed by atoms with Gasteiger partial charge in [-0.05, 0) is 30.7 Å². The Morgan fingerprint density at radius 3 is 2.41 bits per heavy atom. The van der Waals surface area contributed by atoms with Crippen LogP contribution in [0.4, 0.5) is 4.79 Å². The van der Waals surface area contributed by atoms with Gasteiger partial charge in [-0.3, -0.25) is 0 Å². The molecule has 1 rings (SSSR count). The van der Waals surface area contributed by atoms with E-state index in [0.717, 1.165) is 12.8 Å². The van der Waals surface area contributed by atoms with Crippen molar-refractivity contribution < 1.29 is 24.2 Å². The van der Waals surface area contributed by atoms with Crippen LogP contribution in [-0.2, 0) is 4.74 Å². The van der Waals surface area contributed by atoms with Gasteiger partial charge in [-0.15, -0.1) is 0 Å². The fourth-order valence-corrected chi connectivity index (χ4v) is 1.15. The van der Waals surface area contributed by atoms with Crippen molar-refractivity contribution >= 4 is 12.1 Å². The summed E-state index contributed by atoms with van der Waals surface area (Å²) in [7, 11) is 0. The molecule has 0 bridgehead atoms. The lowest BCUT2D eigenvalue weighted by Crippen LogP contribution is -2.07. The Kier molecular flexibility index (Phi) is 5.00. The summed E-state index contributed by atoms with van der Waals surface area (Å²) in [5, 5.41) is 8.37. The molecule has 1 aromatic rings. The molecule has 0 amide bonds. The highest BCUT2D eigenvalue weighted by Gasteiger charge is 2.07. The van der Waals surface area contributed by atoms with Crippen molar-refractivity contribution in [2.75, 3.05) is 6.61 Å². The number of unbranched alkanes of at least 4 members (excludes halogenated alkanes) is 1. The van der Waals surface area contributed by atoms with Crippen molar-refractivity contribution in [1.29, 1.82) is 0 Å². The van der Waals surface area contributed by atoms with Crippen LogP contribution >= 0.6 is 0 Å². The molecule has 0 unspecified atom stereocenters. The number of esters is 1. The minimum atomic E-state index is -1.39. The number of carbonyl (C=O) groups is 2. The Bertz CT molecular complexity index is 382. The zero-order chi connectivity index (χ0) is 12.7. The van der Waals surface area contributed by atoms with Gasteiger partial charge in [0.25, 0.3) is 0 Å². The molecule has 0 saturated carbocycles. The molecule has 0 spiro atoms. The topological polar surface area (TPSA) is 72.8 Å². The van der Waals surface area contributed by atoms with E-state index in [1.165, 1.54) is 24.3 Å². The Morgan fingerprint density at radius 2 is 1.88 bits per heavy atom. The minimum Gasteiger partial charge on any atom is -0.462 e. The first kappa shape index (κ1) is 13.0. The van der Waals surface area contributed by atoms with Crippen LogP contribution < -0.4 is 4.74 Å². The fraction of sp³-hybridized carbons (Fsp3) is 0.333. The molecule has 0 aliphatic heterocycles. The van der Waals surface area contributed by atoms with Crippen molar-refractivity contribution in [1.82, 2.24) is 0 Å². The molecule has 92 valence electrons. The van der Waals surface area contributed by atoms with Crippen LogP contribution in [0.1, 0.15) is 30.1 Å². The van der Waals surface area contributed by atoms with Gasteiger partial charge in [-0.25, -0.2) is 9.59 Å². The summed E-state index contributed by atoms with van der Waals surface area (Å²) in [5.74, 6) is -0.247. The lowest BCUT2D eigenvalue weighted by atomic mass is 10.2. The molecule has 0 fully saturated rings. The molecular weight excluding hydrogens is 224 g/mol. The predicted molar refractivity (Wildman–Crippen MR) is 60.3 cm³/mol. The average molecular weight is 238 g/mol. The highest BCUT2D eigenvalue weighted by molar-refractivity contribution is 5.89. The van der Waals surface area contributed by atoms with Crippen molar-refractivity contribution in [3.05, 3.63) is 29.8 Å². The predicted octanol–water partition coefficient (Wildman–Crippen LogP) is 2.70. The monoisotopic (exact) mass is 238 g/mol. The normalized spacial score (nSPS) is 9.71. The third kappa shape index (κ3) is 4.55.